The van der Waals surface area contributed by atoms with Crippen LogP contribution < -0.4 is 4.90 Å². The number of thiazole rings is 1. The third-order valence-electron chi connectivity index (χ3n) is 3.71. The molecular formula is C14H18LiN3O2S. The van der Waals surface area contributed by atoms with Crippen LogP contribution in [-0.2, 0) is 0 Å². The zero-order valence-electron chi connectivity index (χ0n) is 11.4. The summed E-state index contributed by atoms with van der Waals surface area (Å²) >= 11 is 1.58. The van der Waals surface area contributed by atoms with E-state index in [2.05, 4.69) is 21.7 Å². The second kappa shape index (κ2) is 6.80. The number of aromatic nitrogens is 1. The molecule has 1 fully saturated rings. The zero-order valence-corrected chi connectivity index (χ0v) is 12.2. The molecular weight excluding hydrogens is 281 g/mol. The average molecular weight is 299 g/mol. The number of carboxylic acid groups (broad SMARTS) is 1. The number of benzene rings is 1. The van der Waals surface area contributed by atoms with E-state index in [-0.39, 0.29) is 18.9 Å². The molecule has 1 N–H and O–H groups in total. The van der Waals surface area contributed by atoms with Gasteiger partial charge in [0.15, 0.2) is 5.13 Å². The van der Waals surface area contributed by atoms with Crippen molar-refractivity contribution in [2.24, 2.45) is 0 Å². The monoisotopic (exact) mass is 299 g/mol. The summed E-state index contributed by atoms with van der Waals surface area (Å²) in [5.41, 5.74) is 1.21. The Morgan fingerprint density at radius 3 is 2.67 bits per heavy atom. The molecule has 1 aromatic carbocycles. The van der Waals surface area contributed by atoms with Crippen molar-refractivity contribution in [2.75, 3.05) is 37.6 Å². The molecule has 1 saturated heterocycles. The Morgan fingerprint density at radius 1 is 1.33 bits per heavy atom. The van der Waals surface area contributed by atoms with Gasteiger partial charge >= 0.3 is 24.8 Å². The van der Waals surface area contributed by atoms with Gasteiger partial charge in [0.2, 0.25) is 0 Å². The molecule has 1 aliphatic heterocycles. The fourth-order valence-corrected chi connectivity index (χ4v) is 3.49. The molecule has 5 nitrogen and oxygen atoms in total. The quantitative estimate of drug-likeness (QED) is 0.870. The summed E-state index contributed by atoms with van der Waals surface area (Å²) in [7, 11) is 0. The normalized spacial score (nSPS) is 16.0. The van der Waals surface area contributed by atoms with E-state index >= 15 is 0 Å². The molecule has 0 radical (unpaired) electrons. The van der Waals surface area contributed by atoms with Gasteiger partial charge in [-0.15, -0.1) is 0 Å². The number of hydrogen-bond donors (Lipinski definition) is 1. The summed E-state index contributed by atoms with van der Waals surface area (Å²) in [6, 6.07) is 5.12. The molecule has 1 aliphatic rings. The van der Waals surface area contributed by atoms with Crippen molar-refractivity contribution in [1.29, 1.82) is 0 Å². The van der Waals surface area contributed by atoms with Crippen molar-refractivity contribution in [3.05, 3.63) is 23.8 Å². The molecule has 2 aromatic rings. The van der Waals surface area contributed by atoms with E-state index in [0.29, 0.717) is 5.56 Å². The Balaban J connectivity index is 0.00000161. The predicted octanol–water partition coefficient (Wildman–Crippen LogP) is 1.49. The fraction of sp³-hybridized carbons (Fsp3) is 0.429. The number of rotatable bonds is 3. The molecule has 3 rings (SSSR count). The van der Waals surface area contributed by atoms with Gasteiger partial charge in [-0.3, -0.25) is 0 Å². The van der Waals surface area contributed by atoms with Gasteiger partial charge in [-0.25, -0.2) is 9.78 Å². The van der Waals surface area contributed by atoms with Crippen LogP contribution in [0, 0.1) is 0 Å². The molecule has 2 heterocycles. The molecule has 1 aromatic heterocycles. The van der Waals surface area contributed by atoms with Crippen LogP contribution in [0.3, 0.4) is 0 Å². The molecule has 108 valence electrons. The van der Waals surface area contributed by atoms with E-state index in [9.17, 15) is 4.79 Å². The third-order valence-corrected chi connectivity index (χ3v) is 4.79. The molecule has 0 bridgehead atoms. The molecule has 0 unspecified atom stereocenters. The molecule has 0 saturated carbocycles. The van der Waals surface area contributed by atoms with Gasteiger partial charge in [-0.1, -0.05) is 18.3 Å². The minimum atomic E-state index is -0.890. The number of fused-ring (bicyclic) bond motifs is 1. The van der Waals surface area contributed by atoms with Crippen LogP contribution in [0.15, 0.2) is 18.2 Å². The first-order chi connectivity index (χ1) is 9.67. The zero-order chi connectivity index (χ0) is 14.1. The van der Waals surface area contributed by atoms with Crippen LogP contribution in [0.2, 0.25) is 0 Å². The predicted molar refractivity (Wildman–Crippen MR) is 88.1 cm³/mol. The number of piperazine rings is 1. The number of nitrogens with zero attached hydrogens (tertiary/aromatic N) is 3. The Kier molecular flexibility index (Phi) is 5.28. The summed E-state index contributed by atoms with van der Waals surface area (Å²) in [4.78, 5) is 20.3. The van der Waals surface area contributed by atoms with Crippen molar-refractivity contribution in [1.82, 2.24) is 9.88 Å². The number of aromatic carboxylic acids is 1. The van der Waals surface area contributed by atoms with Gasteiger partial charge < -0.3 is 14.9 Å². The molecule has 0 atom stereocenters. The Labute approximate surface area is 139 Å². The molecule has 7 heteroatoms. The third kappa shape index (κ3) is 3.41. The van der Waals surface area contributed by atoms with E-state index in [1.807, 2.05) is 0 Å². The molecule has 21 heavy (non-hydrogen) atoms. The topological polar surface area (TPSA) is 56.7 Å². The van der Waals surface area contributed by atoms with Crippen molar-refractivity contribution in [2.45, 2.75) is 6.92 Å². The Morgan fingerprint density at radius 2 is 2.05 bits per heavy atom. The van der Waals surface area contributed by atoms with Crippen molar-refractivity contribution < 1.29 is 9.90 Å². The SMILES string of the molecule is CCN1CCN(c2nc3ccc(C(=O)O)cc3s2)CC1.[LiH]. The van der Waals surface area contributed by atoms with Gasteiger partial charge in [0.1, 0.15) is 0 Å². The summed E-state index contributed by atoms with van der Waals surface area (Å²) < 4.78 is 0.942. The van der Waals surface area contributed by atoms with Crippen molar-refractivity contribution >= 4 is 51.5 Å². The van der Waals surface area contributed by atoms with Crippen LogP contribution >= 0.6 is 11.3 Å². The maximum absolute atomic E-state index is 11.0. The Bertz CT molecular complexity index is 638. The van der Waals surface area contributed by atoms with Gasteiger partial charge in [-0.05, 0) is 24.7 Å². The van der Waals surface area contributed by atoms with Crippen LogP contribution in [0.5, 0.6) is 0 Å². The van der Waals surface area contributed by atoms with E-state index in [1.54, 1.807) is 29.5 Å². The maximum atomic E-state index is 11.0. The molecule has 0 amide bonds. The average Bonchev–Trinajstić information content (AvgIpc) is 2.90. The van der Waals surface area contributed by atoms with Gasteiger partial charge in [0, 0.05) is 26.2 Å². The fourth-order valence-electron chi connectivity index (χ4n) is 2.44. The summed E-state index contributed by atoms with van der Waals surface area (Å²) in [5.74, 6) is -0.890. The number of hydrogen-bond acceptors (Lipinski definition) is 5. The second-order valence-electron chi connectivity index (χ2n) is 4.91. The first kappa shape index (κ1) is 16.3. The first-order valence-corrected chi connectivity index (χ1v) is 7.60. The van der Waals surface area contributed by atoms with Crippen LogP contribution in [0.1, 0.15) is 17.3 Å². The van der Waals surface area contributed by atoms with Crippen LogP contribution in [0.25, 0.3) is 10.2 Å². The number of likely N-dealkylation sites (N-methyl/N-ethyl adjacent to an activating group) is 1. The number of carbonyl (C=O) groups is 1. The van der Waals surface area contributed by atoms with E-state index in [0.717, 1.165) is 48.1 Å². The summed E-state index contributed by atoms with van der Waals surface area (Å²) in [6.45, 7) is 7.37. The number of carboxylic acids is 1. The van der Waals surface area contributed by atoms with Crippen molar-refractivity contribution in [3.63, 3.8) is 0 Å². The van der Waals surface area contributed by atoms with Gasteiger partial charge in [0.05, 0.1) is 15.8 Å². The van der Waals surface area contributed by atoms with E-state index in [1.165, 1.54) is 0 Å². The standard InChI is InChI=1S/C14H17N3O2S.Li.H/c1-2-16-5-7-17(8-6-16)14-15-11-4-3-10(13(18)19)9-12(11)20-14;;/h3-4,9H,2,5-8H2,1H3,(H,18,19);;. The first-order valence-electron chi connectivity index (χ1n) is 6.78. The minimum absolute atomic E-state index is 0. The number of anilines is 1. The van der Waals surface area contributed by atoms with E-state index in [4.69, 9.17) is 5.11 Å². The molecule has 0 spiro atoms. The molecule has 0 aliphatic carbocycles. The second-order valence-corrected chi connectivity index (χ2v) is 5.91. The van der Waals surface area contributed by atoms with Crippen LogP contribution in [0.4, 0.5) is 5.13 Å². The summed E-state index contributed by atoms with van der Waals surface area (Å²) in [6.07, 6.45) is 0. The van der Waals surface area contributed by atoms with Crippen LogP contribution in [-0.4, -0.2) is 72.5 Å². The van der Waals surface area contributed by atoms with Crippen molar-refractivity contribution in [3.8, 4) is 0 Å². The van der Waals surface area contributed by atoms with Gasteiger partial charge in [-0.2, -0.15) is 0 Å². The Hall–Kier alpha value is -1.06. The summed E-state index contributed by atoms with van der Waals surface area (Å²) in [5, 5.41) is 10.0. The van der Waals surface area contributed by atoms with E-state index < -0.39 is 5.97 Å². The van der Waals surface area contributed by atoms with Gasteiger partial charge in [0.25, 0.3) is 0 Å².